The van der Waals surface area contributed by atoms with Gasteiger partial charge in [0.1, 0.15) is 5.75 Å². The minimum Gasteiger partial charge on any atom is -0.452 e. The Bertz CT molecular complexity index is 412. The number of nitrogens with zero attached hydrogens (tertiary/aromatic N) is 3. The quantitative estimate of drug-likeness (QED) is 0.807. The summed E-state index contributed by atoms with van der Waals surface area (Å²) >= 11 is 0. The highest BCUT2D eigenvalue weighted by atomic mass is 16.5. The van der Waals surface area contributed by atoms with E-state index < -0.39 is 0 Å². The highest BCUT2D eigenvalue weighted by molar-refractivity contribution is 5.24. The molecule has 2 aromatic heterocycles. The van der Waals surface area contributed by atoms with E-state index in [1.807, 2.05) is 12.1 Å². The molecule has 78 valence electrons. The molecule has 0 radical (unpaired) electrons. The lowest BCUT2D eigenvalue weighted by molar-refractivity contribution is 0.478. The van der Waals surface area contributed by atoms with Gasteiger partial charge in [0.2, 0.25) is 0 Å². The fraction of sp³-hybridized carbons (Fsp3) is 0.200. The van der Waals surface area contributed by atoms with E-state index in [0.29, 0.717) is 24.6 Å². The molecule has 0 saturated carbocycles. The third-order valence-electron chi connectivity index (χ3n) is 1.84. The van der Waals surface area contributed by atoms with Crippen LogP contribution in [0.2, 0.25) is 0 Å². The van der Waals surface area contributed by atoms with Crippen molar-refractivity contribution in [3.05, 3.63) is 36.9 Å². The molecule has 0 amide bonds. The molecule has 2 N–H and O–H groups in total. The summed E-state index contributed by atoms with van der Waals surface area (Å²) in [5.41, 5.74) is 5.41. The van der Waals surface area contributed by atoms with E-state index >= 15 is 0 Å². The molecule has 0 aliphatic heterocycles. The van der Waals surface area contributed by atoms with Crippen molar-refractivity contribution in [2.24, 2.45) is 5.73 Å². The zero-order chi connectivity index (χ0) is 10.5. The van der Waals surface area contributed by atoms with Crippen molar-refractivity contribution in [3.8, 4) is 11.5 Å². The average molecular weight is 204 g/mol. The van der Waals surface area contributed by atoms with E-state index in [0.717, 1.165) is 0 Å². The molecule has 0 unspecified atom stereocenters. The standard InChI is InChI=1S/C10H12N4O/c11-3-5-14-8-10(7-13-14)15-9-2-1-4-12-6-9/h1-2,4,6-8H,3,5,11H2. The topological polar surface area (TPSA) is 66.0 Å². The SMILES string of the molecule is NCCn1cc(Oc2cccnc2)cn1. The van der Waals surface area contributed by atoms with Gasteiger partial charge in [-0.1, -0.05) is 0 Å². The van der Waals surface area contributed by atoms with Crippen LogP contribution in [-0.4, -0.2) is 21.3 Å². The van der Waals surface area contributed by atoms with Crippen LogP contribution in [-0.2, 0) is 6.54 Å². The Hall–Kier alpha value is -1.88. The summed E-state index contributed by atoms with van der Waals surface area (Å²) in [7, 11) is 0. The second kappa shape index (κ2) is 4.56. The zero-order valence-corrected chi connectivity index (χ0v) is 8.21. The highest BCUT2D eigenvalue weighted by Gasteiger charge is 2.00. The average Bonchev–Trinajstić information content (AvgIpc) is 2.68. The summed E-state index contributed by atoms with van der Waals surface area (Å²) in [4.78, 5) is 3.95. The number of nitrogens with two attached hydrogens (primary N) is 1. The largest absolute Gasteiger partial charge is 0.452 e. The summed E-state index contributed by atoms with van der Waals surface area (Å²) in [6.45, 7) is 1.25. The molecular formula is C10H12N4O. The summed E-state index contributed by atoms with van der Waals surface area (Å²) in [5, 5.41) is 4.09. The fourth-order valence-corrected chi connectivity index (χ4v) is 1.20. The van der Waals surface area contributed by atoms with Crippen LogP contribution in [0.15, 0.2) is 36.9 Å². The molecular weight excluding hydrogens is 192 g/mol. The second-order valence-corrected chi connectivity index (χ2v) is 3.02. The van der Waals surface area contributed by atoms with E-state index in [2.05, 4.69) is 10.1 Å². The molecule has 0 saturated heterocycles. The van der Waals surface area contributed by atoms with Gasteiger partial charge >= 0.3 is 0 Å². The van der Waals surface area contributed by atoms with Crippen LogP contribution in [0, 0.1) is 0 Å². The Morgan fingerprint density at radius 1 is 1.33 bits per heavy atom. The first-order valence-electron chi connectivity index (χ1n) is 4.69. The van der Waals surface area contributed by atoms with Crippen LogP contribution in [0.4, 0.5) is 0 Å². The monoisotopic (exact) mass is 204 g/mol. The molecule has 0 aromatic carbocycles. The Kier molecular flexibility index (Phi) is 2.94. The summed E-state index contributed by atoms with van der Waals surface area (Å²) in [6.07, 6.45) is 6.81. The van der Waals surface area contributed by atoms with Gasteiger partial charge in [-0.05, 0) is 12.1 Å². The molecule has 2 aromatic rings. The van der Waals surface area contributed by atoms with Crippen LogP contribution in [0.3, 0.4) is 0 Å². The van der Waals surface area contributed by atoms with E-state index in [9.17, 15) is 0 Å². The van der Waals surface area contributed by atoms with Gasteiger partial charge in [-0.25, -0.2) is 0 Å². The molecule has 5 nitrogen and oxygen atoms in total. The minimum atomic E-state index is 0.564. The molecule has 15 heavy (non-hydrogen) atoms. The predicted molar refractivity (Wildman–Crippen MR) is 55.6 cm³/mol. The zero-order valence-electron chi connectivity index (χ0n) is 8.21. The molecule has 0 fully saturated rings. The Morgan fingerprint density at radius 2 is 2.27 bits per heavy atom. The predicted octanol–water partition coefficient (Wildman–Crippen LogP) is 1.03. The Balaban J connectivity index is 2.05. The molecule has 2 rings (SSSR count). The first kappa shape index (κ1) is 9.67. The maximum atomic E-state index is 5.52. The highest BCUT2D eigenvalue weighted by Crippen LogP contribution is 2.18. The lowest BCUT2D eigenvalue weighted by Gasteiger charge is -2.00. The molecule has 5 heteroatoms. The maximum absolute atomic E-state index is 5.52. The molecule has 0 bridgehead atoms. The lowest BCUT2D eigenvalue weighted by atomic mass is 10.5. The van der Waals surface area contributed by atoms with Gasteiger partial charge in [0.25, 0.3) is 0 Å². The third-order valence-corrected chi connectivity index (χ3v) is 1.84. The van der Waals surface area contributed by atoms with Crippen molar-refractivity contribution in [2.45, 2.75) is 6.54 Å². The number of aromatic nitrogens is 3. The normalized spacial score (nSPS) is 10.2. The van der Waals surface area contributed by atoms with Gasteiger partial charge in [0.05, 0.1) is 25.1 Å². The van der Waals surface area contributed by atoms with Crippen molar-refractivity contribution in [2.75, 3.05) is 6.54 Å². The number of hydrogen-bond acceptors (Lipinski definition) is 4. The fourth-order valence-electron chi connectivity index (χ4n) is 1.20. The van der Waals surface area contributed by atoms with E-state index in [-0.39, 0.29) is 0 Å². The first-order chi connectivity index (χ1) is 7.38. The molecule has 2 heterocycles. The Morgan fingerprint density at radius 3 is 3.00 bits per heavy atom. The summed E-state index contributed by atoms with van der Waals surface area (Å²) in [5.74, 6) is 1.39. The van der Waals surface area contributed by atoms with Gasteiger partial charge in [0.15, 0.2) is 5.75 Å². The first-order valence-corrected chi connectivity index (χ1v) is 4.69. The van der Waals surface area contributed by atoms with Crippen molar-refractivity contribution in [1.82, 2.24) is 14.8 Å². The number of hydrogen-bond donors (Lipinski definition) is 1. The van der Waals surface area contributed by atoms with Gasteiger partial charge in [-0.3, -0.25) is 9.67 Å². The minimum absolute atomic E-state index is 0.564. The van der Waals surface area contributed by atoms with Gasteiger partial charge in [-0.15, -0.1) is 0 Å². The molecule has 0 spiro atoms. The van der Waals surface area contributed by atoms with E-state index in [4.69, 9.17) is 10.5 Å². The van der Waals surface area contributed by atoms with Gasteiger partial charge in [0, 0.05) is 12.7 Å². The molecule has 0 aliphatic rings. The smallest absolute Gasteiger partial charge is 0.165 e. The summed E-state index contributed by atoms with van der Waals surface area (Å²) in [6, 6.07) is 3.66. The molecule has 0 aliphatic carbocycles. The second-order valence-electron chi connectivity index (χ2n) is 3.02. The third kappa shape index (κ3) is 2.54. The van der Waals surface area contributed by atoms with Crippen LogP contribution >= 0.6 is 0 Å². The van der Waals surface area contributed by atoms with E-state index in [1.54, 1.807) is 29.5 Å². The van der Waals surface area contributed by atoms with Crippen LogP contribution in [0.25, 0.3) is 0 Å². The van der Waals surface area contributed by atoms with Crippen molar-refractivity contribution >= 4 is 0 Å². The number of pyridine rings is 1. The van der Waals surface area contributed by atoms with Gasteiger partial charge in [-0.2, -0.15) is 5.10 Å². The number of rotatable bonds is 4. The summed E-state index contributed by atoms with van der Waals surface area (Å²) < 4.78 is 7.26. The lowest BCUT2D eigenvalue weighted by Crippen LogP contribution is -2.09. The number of ether oxygens (including phenoxy) is 1. The van der Waals surface area contributed by atoms with Crippen molar-refractivity contribution < 1.29 is 4.74 Å². The Labute approximate surface area is 87.5 Å². The van der Waals surface area contributed by atoms with Crippen LogP contribution in [0.5, 0.6) is 11.5 Å². The van der Waals surface area contributed by atoms with Gasteiger partial charge < -0.3 is 10.5 Å². The van der Waals surface area contributed by atoms with Crippen molar-refractivity contribution in [1.29, 1.82) is 0 Å². The van der Waals surface area contributed by atoms with Crippen LogP contribution in [0.1, 0.15) is 0 Å². The maximum Gasteiger partial charge on any atom is 0.165 e. The van der Waals surface area contributed by atoms with Crippen molar-refractivity contribution in [3.63, 3.8) is 0 Å². The molecule has 0 atom stereocenters. The van der Waals surface area contributed by atoms with Crippen LogP contribution < -0.4 is 10.5 Å². The van der Waals surface area contributed by atoms with E-state index in [1.165, 1.54) is 0 Å².